The molecule has 0 spiro atoms. The lowest BCUT2D eigenvalue weighted by atomic mass is 9.85. The molecule has 0 radical (unpaired) electrons. The zero-order valence-electron chi connectivity index (χ0n) is 24.0. The molecule has 43 heavy (non-hydrogen) atoms. The molecule has 1 heterocycles. The van der Waals surface area contributed by atoms with Crippen LogP contribution >= 0.6 is 0 Å². The summed E-state index contributed by atoms with van der Waals surface area (Å²) >= 11 is 0. The SMILES string of the molecule is CCc1nc2ccccc2n1-c1ccccc1-c1ccc2c(-c3ccccc3)c3ccccc3c(-c3ccccc3)c2c1. The maximum absolute atomic E-state index is 4.99. The molecule has 0 amide bonds. The molecule has 2 heteroatoms. The number of nitrogens with zero attached hydrogens (tertiary/aromatic N) is 2. The molecule has 0 saturated heterocycles. The summed E-state index contributed by atoms with van der Waals surface area (Å²) < 4.78 is 2.34. The van der Waals surface area contributed by atoms with Crippen LogP contribution in [-0.4, -0.2) is 9.55 Å². The molecule has 0 saturated carbocycles. The second kappa shape index (κ2) is 10.4. The third-order valence-corrected chi connectivity index (χ3v) is 8.55. The van der Waals surface area contributed by atoms with E-state index in [1.807, 2.05) is 0 Å². The molecular weight excluding hydrogens is 520 g/mol. The highest BCUT2D eigenvalue weighted by molar-refractivity contribution is 6.22. The molecule has 1 aromatic heterocycles. The first-order valence-corrected chi connectivity index (χ1v) is 15.0. The second-order valence-corrected chi connectivity index (χ2v) is 11.0. The minimum atomic E-state index is 0.852. The Labute approximate surface area is 251 Å². The highest BCUT2D eigenvalue weighted by Gasteiger charge is 2.19. The molecule has 0 bridgehead atoms. The Bertz CT molecular complexity index is 2260. The monoisotopic (exact) mass is 550 g/mol. The number of hydrogen-bond donors (Lipinski definition) is 0. The largest absolute Gasteiger partial charge is 0.296 e. The molecule has 204 valence electrons. The molecule has 8 rings (SSSR count). The van der Waals surface area contributed by atoms with Gasteiger partial charge in [-0.05, 0) is 73.6 Å². The molecule has 0 atom stereocenters. The van der Waals surface area contributed by atoms with Crippen LogP contribution in [0.25, 0.3) is 71.6 Å². The van der Waals surface area contributed by atoms with Gasteiger partial charge in [-0.15, -0.1) is 0 Å². The van der Waals surface area contributed by atoms with E-state index in [0.717, 1.165) is 29.0 Å². The number of aryl methyl sites for hydroxylation is 1. The quantitative estimate of drug-likeness (QED) is 0.195. The van der Waals surface area contributed by atoms with Gasteiger partial charge >= 0.3 is 0 Å². The summed E-state index contributed by atoms with van der Waals surface area (Å²) in [5.41, 5.74) is 10.7. The van der Waals surface area contributed by atoms with Crippen molar-refractivity contribution in [2.24, 2.45) is 0 Å². The lowest BCUT2D eigenvalue weighted by Gasteiger charge is -2.19. The van der Waals surface area contributed by atoms with E-state index in [1.165, 1.54) is 54.9 Å². The van der Waals surface area contributed by atoms with Crippen molar-refractivity contribution in [3.8, 4) is 39.1 Å². The van der Waals surface area contributed by atoms with Crippen molar-refractivity contribution < 1.29 is 0 Å². The van der Waals surface area contributed by atoms with E-state index in [2.05, 4.69) is 163 Å². The topological polar surface area (TPSA) is 17.8 Å². The molecule has 0 aliphatic heterocycles. The Morgan fingerprint density at radius 3 is 1.74 bits per heavy atom. The van der Waals surface area contributed by atoms with Crippen molar-refractivity contribution >= 4 is 32.6 Å². The summed E-state index contributed by atoms with van der Waals surface area (Å²) in [6.45, 7) is 2.18. The third-order valence-electron chi connectivity index (χ3n) is 8.55. The van der Waals surface area contributed by atoms with Gasteiger partial charge < -0.3 is 0 Å². The summed E-state index contributed by atoms with van der Waals surface area (Å²) in [5.74, 6) is 1.07. The maximum Gasteiger partial charge on any atom is 0.114 e. The number of rotatable bonds is 5. The van der Waals surface area contributed by atoms with E-state index < -0.39 is 0 Å². The van der Waals surface area contributed by atoms with Crippen molar-refractivity contribution in [1.29, 1.82) is 0 Å². The minimum absolute atomic E-state index is 0.852. The number of imidazole rings is 1. The second-order valence-electron chi connectivity index (χ2n) is 11.0. The van der Waals surface area contributed by atoms with Gasteiger partial charge in [0.15, 0.2) is 0 Å². The first-order chi connectivity index (χ1) is 21.3. The Morgan fingerprint density at radius 2 is 1.05 bits per heavy atom. The van der Waals surface area contributed by atoms with E-state index in [9.17, 15) is 0 Å². The molecule has 2 nitrogen and oxygen atoms in total. The molecule has 0 fully saturated rings. The summed E-state index contributed by atoms with van der Waals surface area (Å²) in [6, 6.07) is 54.7. The van der Waals surface area contributed by atoms with Crippen LogP contribution in [0.3, 0.4) is 0 Å². The average Bonchev–Trinajstić information content (AvgIpc) is 3.46. The van der Waals surface area contributed by atoms with Crippen LogP contribution in [0.1, 0.15) is 12.7 Å². The van der Waals surface area contributed by atoms with Crippen molar-refractivity contribution in [3.63, 3.8) is 0 Å². The predicted molar refractivity (Wildman–Crippen MR) is 182 cm³/mol. The Kier molecular flexibility index (Phi) is 6.12. The van der Waals surface area contributed by atoms with Gasteiger partial charge in [-0.3, -0.25) is 4.57 Å². The van der Waals surface area contributed by atoms with Crippen molar-refractivity contribution in [2.75, 3.05) is 0 Å². The molecule has 0 N–H and O–H groups in total. The van der Waals surface area contributed by atoms with Crippen LogP contribution in [0.2, 0.25) is 0 Å². The summed E-state index contributed by atoms with van der Waals surface area (Å²) in [5, 5.41) is 5.04. The lowest BCUT2D eigenvalue weighted by molar-refractivity contribution is 0.909. The fraction of sp³-hybridized carbons (Fsp3) is 0.0488. The molecular formula is C41H30N2. The van der Waals surface area contributed by atoms with Crippen LogP contribution in [0.4, 0.5) is 0 Å². The van der Waals surface area contributed by atoms with Gasteiger partial charge in [0.2, 0.25) is 0 Å². The first-order valence-electron chi connectivity index (χ1n) is 15.0. The maximum atomic E-state index is 4.99. The van der Waals surface area contributed by atoms with Gasteiger partial charge in [0.05, 0.1) is 16.7 Å². The van der Waals surface area contributed by atoms with Gasteiger partial charge in [0.1, 0.15) is 5.82 Å². The van der Waals surface area contributed by atoms with Crippen LogP contribution in [0.5, 0.6) is 0 Å². The Balaban J connectivity index is 1.47. The van der Waals surface area contributed by atoms with Gasteiger partial charge in [0, 0.05) is 12.0 Å². The number of benzene rings is 7. The van der Waals surface area contributed by atoms with Crippen LogP contribution < -0.4 is 0 Å². The van der Waals surface area contributed by atoms with E-state index >= 15 is 0 Å². The Hall–Kier alpha value is -5.47. The number of aromatic nitrogens is 2. The van der Waals surface area contributed by atoms with Gasteiger partial charge in [-0.1, -0.05) is 134 Å². The highest BCUT2D eigenvalue weighted by Crippen LogP contribution is 2.45. The first kappa shape index (κ1) is 25.3. The van der Waals surface area contributed by atoms with Crippen LogP contribution in [0.15, 0.2) is 152 Å². The van der Waals surface area contributed by atoms with Crippen molar-refractivity contribution in [3.05, 3.63) is 157 Å². The molecule has 0 unspecified atom stereocenters. The molecule has 0 aliphatic carbocycles. The van der Waals surface area contributed by atoms with Crippen molar-refractivity contribution in [2.45, 2.75) is 13.3 Å². The van der Waals surface area contributed by atoms with E-state index in [0.29, 0.717) is 0 Å². The van der Waals surface area contributed by atoms with E-state index in [4.69, 9.17) is 4.98 Å². The summed E-state index contributed by atoms with van der Waals surface area (Å²) in [4.78, 5) is 4.99. The van der Waals surface area contributed by atoms with Crippen molar-refractivity contribution in [1.82, 2.24) is 9.55 Å². The summed E-state index contributed by atoms with van der Waals surface area (Å²) in [6.07, 6.45) is 0.852. The zero-order chi connectivity index (χ0) is 28.8. The smallest absolute Gasteiger partial charge is 0.114 e. The normalized spacial score (nSPS) is 11.5. The fourth-order valence-corrected chi connectivity index (χ4v) is 6.67. The number of hydrogen-bond acceptors (Lipinski definition) is 1. The minimum Gasteiger partial charge on any atom is -0.296 e. The number of fused-ring (bicyclic) bond motifs is 3. The number of para-hydroxylation sites is 3. The standard InChI is InChI=1S/C41H30N2/c1-2-39-42-36-22-12-14-24-38(36)43(39)37-23-13-11-19-31(37)30-25-26-34-35(27-30)41(29-17-7-4-8-18-29)33-21-10-9-20-32(33)40(34)28-15-5-3-6-16-28/h3-27H,2H2,1H3. The fourth-order valence-electron chi connectivity index (χ4n) is 6.67. The molecule has 8 aromatic rings. The third kappa shape index (κ3) is 4.14. The van der Waals surface area contributed by atoms with Gasteiger partial charge in [0.25, 0.3) is 0 Å². The van der Waals surface area contributed by atoms with E-state index in [1.54, 1.807) is 0 Å². The molecule has 7 aromatic carbocycles. The van der Waals surface area contributed by atoms with E-state index in [-0.39, 0.29) is 0 Å². The van der Waals surface area contributed by atoms with Gasteiger partial charge in [-0.2, -0.15) is 0 Å². The Morgan fingerprint density at radius 1 is 0.488 bits per heavy atom. The predicted octanol–water partition coefficient (Wildman–Crippen LogP) is 10.9. The summed E-state index contributed by atoms with van der Waals surface area (Å²) in [7, 11) is 0. The van der Waals surface area contributed by atoms with Crippen LogP contribution in [-0.2, 0) is 6.42 Å². The lowest BCUT2D eigenvalue weighted by Crippen LogP contribution is -2.02. The zero-order valence-corrected chi connectivity index (χ0v) is 24.0. The van der Waals surface area contributed by atoms with Gasteiger partial charge in [-0.25, -0.2) is 4.98 Å². The van der Waals surface area contributed by atoms with Crippen LogP contribution in [0, 0.1) is 0 Å². The highest BCUT2D eigenvalue weighted by atomic mass is 15.1. The average molecular weight is 551 g/mol. The molecule has 0 aliphatic rings.